The smallest absolute Gasteiger partial charge is 2.00 e. The predicted molar refractivity (Wildman–Crippen MR) is 173 cm³/mol. The molecule has 0 amide bonds. The summed E-state index contributed by atoms with van der Waals surface area (Å²) >= 11 is -2.30. The van der Waals surface area contributed by atoms with E-state index in [1.807, 2.05) is 0 Å². The molecule has 1 nitrogen and oxygen atoms in total. The third-order valence-electron chi connectivity index (χ3n) is 12.5. The zero-order valence-electron chi connectivity index (χ0n) is 26.1. The van der Waals surface area contributed by atoms with Gasteiger partial charge in [-0.3, -0.25) is 0 Å². The summed E-state index contributed by atoms with van der Waals surface area (Å²) in [6, 6.07) is 0. The Hall–Kier alpha value is 1.56. The summed E-state index contributed by atoms with van der Waals surface area (Å²) in [5.41, 5.74) is 0. The minimum absolute atomic E-state index is 0. The van der Waals surface area contributed by atoms with E-state index in [-0.39, 0.29) is 5.48 Å². The van der Waals surface area contributed by atoms with Crippen LogP contribution in [0.5, 0.6) is 0 Å². The molecule has 6 aliphatic rings. The molecule has 0 atom stereocenters. The van der Waals surface area contributed by atoms with E-state index in [0.717, 1.165) is 0 Å². The minimum Gasteiger partial charge on any atom is -2.00 e. The summed E-state index contributed by atoms with van der Waals surface area (Å²) in [5, 5.41) is 0. The molecule has 0 saturated heterocycles. The fourth-order valence-corrected chi connectivity index (χ4v) is 40.4. The normalized spacial score (nSPS) is 27.7. The molecule has 0 aliphatic heterocycles. The topological polar surface area (TPSA) is 28.5 Å². The van der Waals surface area contributed by atoms with Gasteiger partial charge in [0.25, 0.3) is 0 Å². The molecule has 6 aliphatic carbocycles. The second kappa shape index (κ2) is 19.1. The molecule has 0 radical (unpaired) electrons. The zero-order chi connectivity index (χ0) is 25.8. The van der Waals surface area contributed by atoms with Crippen LogP contribution < -0.4 is 0 Å². The van der Waals surface area contributed by atoms with Gasteiger partial charge in [0.2, 0.25) is 0 Å². The molecule has 6 saturated carbocycles. The molecule has 39 heavy (non-hydrogen) atoms. The summed E-state index contributed by atoms with van der Waals surface area (Å²) in [5.74, 6) is 0. The van der Waals surface area contributed by atoms with E-state index in [0.29, 0.717) is 0 Å². The molecule has 0 aromatic carbocycles. The van der Waals surface area contributed by atoms with Gasteiger partial charge in [0.05, 0.1) is 0 Å². The largest absolute Gasteiger partial charge is 2.00 e. The van der Waals surface area contributed by atoms with Crippen LogP contribution in [-0.4, -0.2) is 39.5 Å². The first kappa shape index (κ1) is 33.5. The summed E-state index contributed by atoms with van der Waals surface area (Å²) in [6.07, 6.45) is 48.5. The first-order valence-corrected chi connectivity index (χ1v) is 28.5. The third-order valence-corrected chi connectivity index (χ3v) is 38.5. The summed E-state index contributed by atoms with van der Waals surface area (Å²) in [4.78, 5) is 0. The Kier molecular flexibility index (Phi) is 16.3. The first-order chi connectivity index (χ1) is 18.9. The van der Waals surface area contributed by atoms with E-state index >= 15 is 0 Å². The molecule has 6 rings (SSSR count). The predicted octanol–water partition coefficient (Wildman–Crippen LogP) is 12.8. The molecule has 3 heteroatoms. The van der Waals surface area contributed by atoms with Crippen LogP contribution in [0.2, 0.25) is 23.6 Å². The van der Waals surface area contributed by atoms with Crippen molar-refractivity contribution in [2.45, 2.75) is 216 Å². The van der Waals surface area contributed by atoms with Gasteiger partial charge in [-0.2, -0.15) is 0 Å². The van der Waals surface area contributed by atoms with Gasteiger partial charge >= 0.3 is 256 Å². The van der Waals surface area contributed by atoms with E-state index in [1.165, 1.54) is 23.6 Å². The average Bonchev–Trinajstić information content (AvgIpc) is 3.01. The summed E-state index contributed by atoms with van der Waals surface area (Å²) in [6.45, 7) is 0. The summed E-state index contributed by atoms with van der Waals surface area (Å²) in [7, 11) is 0. The SMILES string of the molecule is C1CC[CH]([Sn+]([CH]2CCCCC2)[CH]2CCCCC2)CC1.C1CC[CH]([Sn+]([CH]2CCCCC2)[CH]2CCCCC2)CC1.[O-2]. The minimum atomic E-state index is -1.15. The Bertz CT molecular complexity index is 464. The molecule has 6 fully saturated rings. The number of hydrogen-bond donors (Lipinski definition) is 0. The van der Waals surface area contributed by atoms with Gasteiger partial charge in [0.15, 0.2) is 0 Å². The first-order valence-electron chi connectivity index (χ1n) is 18.6. The maximum absolute atomic E-state index is 1.67. The van der Waals surface area contributed by atoms with Gasteiger partial charge in [-0.05, 0) is 0 Å². The van der Waals surface area contributed by atoms with Crippen LogP contribution in [0.25, 0.3) is 0 Å². The van der Waals surface area contributed by atoms with Crippen molar-refractivity contribution in [3.05, 3.63) is 0 Å². The van der Waals surface area contributed by atoms with E-state index in [1.54, 1.807) is 193 Å². The van der Waals surface area contributed by atoms with Crippen LogP contribution in [0.1, 0.15) is 193 Å². The molecule has 0 aromatic rings. The molecule has 224 valence electrons. The van der Waals surface area contributed by atoms with Gasteiger partial charge in [-0.15, -0.1) is 0 Å². The standard InChI is InChI=1S/6C6H11.O.2Sn/c6*1-2-4-6-5-3-1;;;/h6*1H,2-6H2;;;/q;;;;;;-2;2*+1. The maximum Gasteiger partial charge on any atom is -2.00 e. The van der Waals surface area contributed by atoms with Crippen molar-refractivity contribution in [1.29, 1.82) is 0 Å². The number of hydrogen-bond acceptors (Lipinski definition) is 0. The fraction of sp³-hybridized carbons (Fsp3) is 1.00. The van der Waals surface area contributed by atoms with Crippen LogP contribution in [0.4, 0.5) is 0 Å². The van der Waals surface area contributed by atoms with Gasteiger partial charge in [0.1, 0.15) is 0 Å². The van der Waals surface area contributed by atoms with E-state index < -0.39 is 39.5 Å². The van der Waals surface area contributed by atoms with Crippen LogP contribution >= 0.6 is 0 Å². The molecule has 0 spiro atoms. The Morgan fingerprint density at radius 3 is 0.462 bits per heavy atom. The second-order valence-corrected chi connectivity index (χ2v) is 34.7. The quantitative estimate of drug-likeness (QED) is 0.242. The Balaban J connectivity index is 0.000000176. The zero-order valence-corrected chi connectivity index (χ0v) is 31.8. The van der Waals surface area contributed by atoms with Gasteiger partial charge in [-0.25, -0.2) is 0 Å². The van der Waals surface area contributed by atoms with Crippen molar-refractivity contribution < 1.29 is 5.48 Å². The van der Waals surface area contributed by atoms with Crippen LogP contribution in [0.3, 0.4) is 0 Å². The molecule has 0 heterocycles. The third kappa shape index (κ3) is 10.3. The van der Waals surface area contributed by atoms with Crippen molar-refractivity contribution >= 4 is 39.5 Å². The Labute approximate surface area is 259 Å². The monoisotopic (exact) mass is 754 g/mol. The van der Waals surface area contributed by atoms with E-state index in [2.05, 4.69) is 0 Å². The van der Waals surface area contributed by atoms with Crippen molar-refractivity contribution in [2.75, 3.05) is 0 Å². The summed E-state index contributed by atoms with van der Waals surface area (Å²) < 4.78 is 7.93. The van der Waals surface area contributed by atoms with E-state index in [4.69, 9.17) is 0 Å². The Morgan fingerprint density at radius 1 is 0.205 bits per heavy atom. The molecular weight excluding hydrogens is 686 g/mol. The van der Waals surface area contributed by atoms with Crippen molar-refractivity contribution in [2.24, 2.45) is 0 Å². The van der Waals surface area contributed by atoms with Crippen molar-refractivity contribution in [3.8, 4) is 0 Å². The number of rotatable bonds is 6. The fourth-order valence-electron chi connectivity index (χ4n) is 10.6. The van der Waals surface area contributed by atoms with Crippen LogP contribution in [-0.2, 0) is 5.48 Å². The average molecular weight is 752 g/mol. The van der Waals surface area contributed by atoms with Crippen LogP contribution in [0, 0.1) is 0 Å². The Morgan fingerprint density at radius 2 is 0.333 bits per heavy atom. The van der Waals surface area contributed by atoms with Crippen LogP contribution in [0.15, 0.2) is 0 Å². The van der Waals surface area contributed by atoms with E-state index in [9.17, 15) is 0 Å². The maximum atomic E-state index is 1.67. The molecule has 0 aromatic heterocycles. The molecule has 0 bridgehead atoms. The van der Waals surface area contributed by atoms with Crippen molar-refractivity contribution in [1.82, 2.24) is 0 Å². The second-order valence-electron chi connectivity index (χ2n) is 15.0. The van der Waals surface area contributed by atoms with Crippen molar-refractivity contribution in [3.63, 3.8) is 0 Å². The van der Waals surface area contributed by atoms with Gasteiger partial charge in [-0.1, -0.05) is 0 Å². The van der Waals surface area contributed by atoms with Gasteiger partial charge < -0.3 is 5.48 Å². The molecule has 0 unspecified atom stereocenters. The molecule has 0 N–H and O–H groups in total. The molecular formula is C36H66OSn2. The van der Waals surface area contributed by atoms with Gasteiger partial charge in [0, 0.05) is 0 Å².